The van der Waals surface area contributed by atoms with Crippen LogP contribution >= 0.6 is 0 Å². The molecule has 0 amide bonds. The predicted octanol–water partition coefficient (Wildman–Crippen LogP) is 4.04. The normalized spacial score (nSPS) is 17.9. The van der Waals surface area contributed by atoms with Gasteiger partial charge in [0.25, 0.3) is 0 Å². The summed E-state index contributed by atoms with van der Waals surface area (Å²) >= 11 is -2.67. The summed E-state index contributed by atoms with van der Waals surface area (Å²) in [5.74, 6) is 4.95. The molecular weight excluding hydrogens is 369 g/mol. The standard InChI is InChI=1S/C22H20GeO2/c1-14-6-4-5-7-17(14)22-18-10-8-15(24)12-20(18)23(2,3)21-13-16(25)9-11-19(21)22/h4-13,24H,1-3H3. The van der Waals surface area contributed by atoms with Gasteiger partial charge >= 0.3 is 150 Å². The third-order valence-corrected chi connectivity index (χ3v) is 12.7. The fourth-order valence-electron chi connectivity index (χ4n) is 3.96. The molecule has 0 spiro atoms. The summed E-state index contributed by atoms with van der Waals surface area (Å²) in [6.07, 6.45) is 5.48. The number of phenolic OH excluding ortho intramolecular Hbond substituents is 1. The second-order valence-corrected chi connectivity index (χ2v) is 16.3. The number of hydrogen-bond acceptors (Lipinski definition) is 2. The Balaban J connectivity index is 2.14. The van der Waals surface area contributed by atoms with Crippen LogP contribution in [-0.4, -0.2) is 24.2 Å². The van der Waals surface area contributed by atoms with Gasteiger partial charge in [-0.25, -0.2) is 0 Å². The molecule has 2 aromatic carbocycles. The van der Waals surface area contributed by atoms with Gasteiger partial charge in [0.05, 0.1) is 0 Å². The monoisotopic (exact) mass is 390 g/mol. The van der Waals surface area contributed by atoms with E-state index in [0.717, 1.165) is 0 Å². The number of fused-ring (bicyclic) bond motifs is 2. The minimum atomic E-state index is -2.67. The Morgan fingerprint density at radius 1 is 0.960 bits per heavy atom. The first kappa shape index (κ1) is 16.2. The molecule has 2 aromatic rings. The van der Waals surface area contributed by atoms with E-state index in [1.165, 1.54) is 36.6 Å². The molecule has 0 saturated heterocycles. The van der Waals surface area contributed by atoms with E-state index in [1.807, 2.05) is 30.4 Å². The van der Waals surface area contributed by atoms with Crippen LogP contribution in [-0.2, 0) is 4.79 Å². The maximum atomic E-state index is 12.1. The molecule has 0 radical (unpaired) electrons. The second kappa shape index (κ2) is 5.60. The quantitative estimate of drug-likeness (QED) is 0.748. The summed E-state index contributed by atoms with van der Waals surface area (Å²) in [6.45, 7) is 2.12. The molecule has 0 atom stereocenters. The first-order chi connectivity index (χ1) is 11.9. The van der Waals surface area contributed by atoms with E-state index < -0.39 is 13.3 Å². The van der Waals surface area contributed by atoms with Gasteiger partial charge in [0.15, 0.2) is 0 Å². The third kappa shape index (κ3) is 2.44. The molecule has 0 saturated carbocycles. The Bertz CT molecular complexity index is 1010. The van der Waals surface area contributed by atoms with Crippen molar-refractivity contribution in [3.8, 4) is 5.75 Å². The molecule has 0 fully saturated rings. The van der Waals surface area contributed by atoms with E-state index in [2.05, 4.69) is 36.6 Å². The van der Waals surface area contributed by atoms with Gasteiger partial charge in [-0.1, -0.05) is 0 Å². The fourth-order valence-corrected chi connectivity index (χ4v) is 10.4. The Morgan fingerprint density at radius 2 is 1.72 bits per heavy atom. The van der Waals surface area contributed by atoms with E-state index in [4.69, 9.17) is 0 Å². The van der Waals surface area contributed by atoms with Crippen LogP contribution < -0.4 is 4.40 Å². The topological polar surface area (TPSA) is 37.3 Å². The van der Waals surface area contributed by atoms with E-state index >= 15 is 0 Å². The fraction of sp³-hybridized carbons (Fsp3) is 0.136. The zero-order chi connectivity index (χ0) is 17.8. The zero-order valence-corrected chi connectivity index (χ0v) is 16.7. The van der Waals surface area contributed by atoms with Gasteiger partial charge in [-0.15, -0.1) is 0 Å². The summed E-state index contributed by atoms with van der Waals surface area (Å²) < 4.78 is 2.43. The summed E-state index contributed by atoms with van der Waals surface area (Å²) in [5, 5.41) is 10.1. The van der Waals surface area contributed by atoms with Crippen molar-refractivity contribution in [3.63, 3.8) is 0 Å². The SMILES string of the molecule is Cc1ccccc1C1=C2C=CC(=O)C=[C]2[Ge]([CH3])([CH3])[c]2cc(O)ccc21. The van der Waals surface area contributed by atoms with E-state index in [1.54, 1.807) is 12.1 Å². The van der Waals surface area contributed by atoms with Gasteiger partial charge in [-0.05, 0) is 0 Å². The molecule has 1 N–H and O–H groups in total. The molecule has 0 aromatic heterocycles. The number of rotatable bonds is 1. The number of carbonyl (C=O) groups is 1. The van der Waals surface area contributed by atoms with Gasteiger partial charge in [0.1, 0.15) is 0 Å². The number of benzene rings is 2. The number of aryl methyl sites for hydroxylation is 1. The first-order valence-corrected chi connectivity index (χ1v) is 14.8. The third-order valence-electron chi connectivity index (χ3n) is 5.29. The van der Waals surface area contributed by atoms with Crippen LogP contribution in [0.25, 0.3) is 5.57 Å². The Kier molecular flexibility index (Phi) is 3.62. The van der Waals surface area contributed by atoms with Crippen LogP contribution in [0.15, 0.2) is 70.7 Å². The molecule has 0 bridgehead atoms. The van der Waals surface area contributed by atoms with E-state index in [9.17, 15) is 9.90 Å². The van der Waals surface area contributed by atoms with Crippen LogP contribution in [0.4, 0.5) is 0 Å². The van der Waals surface area contributed by atoms with Gasteiger partial charge in [0, 0.05) is 0 Å². The molecule has 3 heteroatoms. The average molecular weight is 389 g/mol. The summed E-state index contributed by atoms with van der Waals surface area (Å²) in [6, 6.07) is 14.1. The molecular formula is C22H20GeO2. The molecule has 2 nitrogen and oxygen atoms in total. The summed E-state index contributed by atoms with van der Waals surface area (Å²) in [4.78, 5) is 12.1. The Labute approximate surface area is 150 Å². The van der Waals surface area contributed by atoms with Crippen LogP contribution in [0.5, 0.6) is 5.75 Å². The van der Waals surface area contributed by atoms with Crippen LogP contribution in [0.2, 0.25) is 11.5 Å². The average Bonchev–Trinajstić information content (AvgIpc) is 2.58. The number of phenols is 1. The molecule has 1 aliphatic heterocycles. The van der Waals surface area contributed by atoms with Gasteiger partial charge < -0.3 is 0 Å². The van der Waals surface area contributed by atoms with E-state index in [0.29, 0.717) is 5.75 Å². The van der Waals surface area contributed by atoms with Gasteiger partial charge in [0.2, 0.25) is 0 Å². The van der Waals surface area contributed by atoms with Gasteiger partial charge in [-0.3, -0.25) is 0 Å². The Hall–Kier alpha value is -2.33. The van der Waals surface area contributed by atoms with Crippen molar-refractivity contribution in [2.45, 2.75) is 18.4 Å². The second-order valence-electron chi connectivity index (χ2n) is 7.25. The molecule has 1 aliphatic carbocycles. The molecule has 25 heavy (non-hydrogen) atoms. The molecule has 124 valence electrons. The van der Waals surface area contributed by atoms with Crippen molar-refractivity contribution in [2.75, 3.05) is 0 Å². The number of hydrogen-bond donors (Lipinski definition) is 1. The van der Waals surface area contributed by atoms with Gasteiger partial charge in [-0.2, -0.15) is 0 Å². The van der Waals surface area contributed by atoms with Crippen molar-refractivity contribution < 1.29 is 9.90 Å². The van der Waals surface area contributed by atoms with Crippen LogP contribution in [0.1, 0.15) is 16.7 Å². The minimum absolute atomic E-state index is 0.0604. The summed E-state index contributed by atoms with van der Waals surface area (Å²) in [7, 11) is 0. The summed E-state index contributed by atoms with van der Waals surface area (Å²) in [5.41, 5.74) is 5.95. The number of carbonyl (C=O) groups excluding carboxylic acids is 1. The number of ketones is 1. The van der Waals surface area contributed by atoms with Crippen molar-refractivity contribution in [1.29, 1.82) is 0 Å². The predicted molar refractivity (Wildman–Crippen MR) is 105 cm³/mol. The number of aromatic hydroxyl groups is 1. The maximum absolute atomic E-state index is 12.1. The van der Waals surface area contributed by atoms with Crippen molar-refractivity contribution in [1.82, 2.24) is 0 Å². The van der Waals surface area contributed by atoms with Crippen LogP contribution in [0, 0.1) is 6.92 Å². The molecule has 4 rings (SSSR count). The molecule has 1 heterocycles. The first-order valence-electron chi connectivity index (χ1n) is 8.48. The van der Waals surface area contributed by atoms with Crippen molar-refractivity contribution in [2.24, 2.45) is 0 Å². The van der Waals surface area contributed by atoms with Crippen LogP contribution in [0.3, 0.4) is 0 Å². The molecule has 0 unspecified atom stereocenters. The molecule has 2 aliphatic rings. The zero-order valence-electron chi connectivity index (χ0n) is 14.6. The van der Waals surface area contributed by atoms with Crippen molar-refractivity contribution in [3.05, 3.63) is 87.4 Å². The number of allylic oxidation sites excluding steroid dienone is 5. The van der Waals surface area contributed by atoms with E-state index in [-0.39, 0.29) is 5.78 Å². The Morgan fingerprint density at radius 3 is 2.48 bits per heavy atom. The van der Waals surface area contributed by atoms with Crippen molar-refractivity contribution >= 4 is 29.0 Å².